The lowest BCUT2D eigenvalue weighted by Gasteiger charge is -2.25. The number of hydrogen-bond donors (Lipinski definition) is 2. The van der Waals surface area contributed by atoms with Crippen LogP contribution in [0.4, 0.5) is 5.69 Å². The number of hydrogen-bond acceptors (Lipinski definition) is 3. The number of nitrogens with two attached hydrogens (primary N) is 1. The molecule has 1 fully saturated rings. The van der Waals surface area contributed by atoms with Gasteiger partial charge in [-0.05, 0) is 44.1 Å². The topological polar surface area (TPSA) is 56.4 Å². The average molecular weight is 281 g/mol. The summed E-state index contributed by atoms with van der Waals surface area (Å²) in [6.07, 6.45) is 2.62. The molecule has 1 aromatic carbocycles. The second-order valence-corrected chi connectivity index (χ2v) is 5.48. The van der Waals surface area contributed by atoms with Gasteiger partial charge < -0.3 is 15.5 Å². The van der Waals surface area contributed by atoms with E-state index in [0.717, 1.165) is 18.8 Å². The van der Waals surface area contributed by atoms with Crippen molar-refractivity contribution in [1.29, 1.82) is 5.41 Å². The Hall–Kier alpha value is -1.26. The number of likely N-dealkylation sites (N-methyl/N-ethyl adjacent to an activating group) is 1. The Morgan fingerprint density at radius 1 is 1.42 bits per heavy atom. The van der Waals surface area contributed by atoms with E-state index in [1.54, 1.807) is 6.07 Å². The van der Waals surface area contributed by atoms with Crippen LogP contribution in [-0.4, -0.2) is 44.0 Å². The Morgan fingerprint density at radius 2 is 2.11 bits per heavy atom. The summed E-state index contributed by atoms with van der Waals surface area (Å²) in [5, 5.41) is 8.26. The van der Waals surface area contributed by atoms with Gasteiger partial charge in [-0.3, -0.25) is 5.41 Å². The van der Waals surface area contributed by atoms with Gasteiger partial charge in [0.1, 0.15) is 5.84 Å². The van der Waals surface area contributed by atoms with E-state index in [1.807, 2.05) is 19.2 Å². The zero-order valence-corrected chi connectivity index (χ0v) is 12.1. The van der Waals surface area contributed by atoms with Crippen molar-refractivity contribution in [3.05, 3.63) is 28.8 Å². The summed E-state index contributed by atoms with van der Waals surface area (Å²) < 4.78 is 0. The predicted molar refractivity (Wildman–Crippen MR) is 81.4 cm³/mol. The highest BCUT2D eigenvalue weighted by molar-refractivity contribution is 6.31. The van der Waals surface area contributed by atoms with Crippen LogP contribution < -0.4 is 10.6 Å². The van der Waals surface area contributed by atoms with Crippen molar-refractivity contribution in [2.45, 2.75) is 12.8 Å². The summed E-state index contributed by atoms with van der Waals surface area (Å²) in [6.45, 7) is 4.39. The normalized spacial score (nSPS) is 15.7. The minimum Gasteiger partial charge on any atom is -0.384 e. The van der Waals surface area contributed by atoms with Crippen LogP contribution in [0.25, 0.3) is 0 Å². The van der Waals surface area contributed by atoms with Crippen LogP contribution in [0.5, 0.6) is 0 Å². The fourth-order valence-corrected chi connectivity index (χ4v) is 2.65. The standard InChI is InChI=1S/C14H21ClN4/c1-18(8-9-19-6-2-3-7-19)13-5-4-11(15)10-12(13)14(16)17/h4-5,10H,2-3,6-9H2,1H3,(H3,16,17). The van der Waals surface area contributed by atoms with Gasteiger partial charge in [0, 0.05) is 36.4 Å². The first kappa shape index (κ1) is 14.2. The van der Waals surface area contributed by atoms with Gasteiger partial charge in [0.15, 0.2) is 0 Å². The third-order valence-electron chi connectivity index (χ3n) is 3.61. The van der Waals surface area contributed by atoms with Gasteiger partial charge in [0.2, 0.25) is 0 Å². The molecule has 0 radical (unpaired) electrons. The van der Waals surface area contributed by atoms with Gasteiger partial charge in [-0.25, -0.2) is 0 Å². The number of amidine groups is 1. The molecule has 104 valence electrons. The number of halogens is 1. The van der Waals surface area contributed by atoms with Crippen LogP contribution >= 0.6 is 11.6 Å². The zero-order valence-electron chi connectivity index (χ0n) is 11.3. The van der Waals surface area contributed by atoms with Crippen molar-refractivity contribution >= 4 is 23.1 Å². The summed E-state index contributed by atoms with van der Waals surface area (Å²) in [6, 6.07) is 5.53. The molecule has 5 heteroatoms. The Kier molecular flexibility index (Phi) is 4.66. The summed E-state index contributed by atoms with van der Waals surface area (Å²) in [7, 11) is 2.03. The number of nitrogens with zero attached hydrogens (tertiary/aromatic N) is 2. The first-order valence-corrected chi connectivity index (χ1v) is 7.03. The molecule has 4 nitrogen and oxygen atoms in total. The van der Waals surface area contributed by atoms with E-state index in [9.17, 15) is 0 Å². The Bertz CT molecular complexity index is 455. The fraction of sp³-hybridized carbons (Fsp3) is 0.500. The van der Waals surface area contributed by atoms with Crippen molar-refractivity contribution in [3.63, 3.8) is 0 Å². The van der Waals surface area contributed by atoms with Crippen molar-refractivity contribution in [1.82, 2.24) is 4.90 Å². The summed E-state index contributed by atoms with van der Waals surface area (Å²) >= 11 is 5.97. The van der Waals surface area contributed by atoms with Crippen molar-refractivity contribution in [2.75, 3.05) is 38.1 Å². The number of anilines is 1. The summed E-state index contributed by atoms with van der Waals surface area (Å²) in [4.78, 5) is 4.62. The molecule has 1 saturated heterocycles. The minimum absolute atomic E-state index is 0.0607. The quantitative estimate of drug-likeness (QED) is 0.642. The lowest BCUT2D eigenvalue weighted by Crippen LogP contribution is -2.32. The molecular formula is C14H21ClN4. The maximum Gasteiger partial charge on any atom is 0.124 e. The van der Waals surface area contributed by atoms with Gasteiger partial charge in [-0.1, -0.05) is 11.6 Å². The van der Waals surface area contributed by atoms with E-state index in [4.69, 9.17) is 22.7 Å². The molecular weight excluding hydrogens is 260 g/mol. The van der Waals surface area contributed by atoms with Gasteiger partial charge in [0.05, 0.1) is 0 Å². The molecule has 0 bridgehead atoms. The second kappa shape index (κ2) is 6.26. The highest BCUT2D eigenvalue weighted by Gasteiger charge is 2.14. The average Bonchev–Trinajstić information content (AvgIpc) is 2.88. The van der Waals surface area contributed by atoms with Crippen LogP contribution in [0.1, 0.15) is 18.4 Å². The molecule has 1 heterocycles. The molecule has 0 aromatic heterocycles. The number of nitrogen functional groups attached to an aromatic ring is 1. The first-order valence-electron chi connectivity index (χ1n) is 6.65. The Labute approximate surface area is 119 Å². The largest absolute Gasteiger partial charge is 0.384 e. The maximum atomic E-state index is 7.65. The lowest BCUT2D eigenvalue weighted by molar-refractivity contribution is 0.346. The predicted octanol–water partition coefficient (Wildman–Crippen LogP) is 2.16. The maximum absolute atomic E-state index is 7.65. The monoisotopic (exact) mass is 280 g/mol. The molecule has 3 N–H and O–H groups in total. The summed E-state index contributed by atoms with van der Waals surface area (Å²) in [5.41, 5.74) is 7.30. The van der Waals surface area contributed by atoms with Crippen molar-refractivity contribution < 1.29 is 0 Å². The Balaban J connectivity index is 2.05. The third kappa shape index (κ3) is 3.61. The smallest absolute Gasteiger partial charge is 0.124 e. The zero-order chi connectivity index (χ0) is 13.8. The number of likely N-dealkylation sites (tertiary alicyclic amines) is 1. The molecule has 0 atom stereocenters. The third-order valence-corrected chi connectivity index (χ3v) is 3.85. The molecule has 0 aliphatic carbocycles. The van der Waals surface area contributed by atoms with Gasteiger partial charge >= 0.3 is 0 Å². The number of rotatable bonds is 5. The van der Waals surface area contributed by atoms with E-state index in [-0.39, 0.29) is 5.84 Å². The van der Waals surface area contributed by atoms with Crippen molar-refractivity contribution in [3.8, 4) is 0 Å². The van der Waals surface area contributed by atoms with Crippen LogP contribution in [0.2, 0.25) is 5.02 Å². The molecule has 1 aliphatic rings. The van der Waals surface area contributed by atoms with E-state index in [2.05, 4.69) is 9.80 Å². The first-order chi connectivity index (χ1) is 9.08. The molecule has 2 rings (SSSR count). The molecule has 0 amide bonds. The molecule has 1 aliphatic heterocycles. The van der Waals surface area contributed by atoms with E-state index < -0.39 is 0 Å². The van der Waals surface area contributed by atoms with Crippen LogP contribution in [0.15, 0.2) is 18.2 Å². The number of benzene rings is 1. The van der Waals surface area contributed by atoms with Gasteiger partial charge in [0.25, 0.3) is 0 Å². The highest BCUT2D eigenvalue weighted by atomic mass is 35.5. The molecule has 1 aromatic rings. The van der Waals surface area contributed by atoms with Crippen molar-refractivity contribution in [2.24, 2.45) is 5.73 Å². The van der Waals surface area contributed by atoms with E-state index in [1.165, 1.54) is 25.9 Å². The second-order valence-electron chi connectivity index (χ2n) is 5.05. The lowest BCUT2D eigenvalue weighted by atomic mass is 10.1. The minimum atomic E-state index is 0.0607. The fourth-order valence-electron chi connectivity index (χ4n) is 2.47. The SMILES string of the molecule is CN(CCN1CCCC1)c1ccc(Cl)cc1C(=N)N. The number of nitrogens with one attached hydrogen (secondary N) is 1. The molecule has 19 heavy (non-hydrogen) atoms. The molecule has 0 unspecified atom stereocenters. The van der Waals surface area contributed by atoms with E-state index in [0.29, 0.717) is 10.6 Å². The molecule has 0 spiro atoms. The van der Waals surface area contributed by atoms with Gasteiger partial charge in [-0.15, -0.1) is 0 Å². The van der Waals surface area contributed by atoms with Crippen LogP contribution in [0.3, 0.4) is 0 Å². The summed E-state index contributed by atoms with van der Waals surface area (Å²) in [5.74, 6) is 0.0607. The van der Waals surface area contributed by atoms with Gasteiger partial charge in [-0.2, -0.15) is 0 Å². The highest BCUT2D eigenvalue weighted by Crippen LogP contribution is 2.23. The van der Waals surface area contributed by atoms with Crippen LogP contribution in [0, 0.1) is 5.41 Å². The molecule has 0 saturated carbocycles. The van der Waals surface area contributed by atoms with Crippen LogP contribution in [-0.2, 0) is 0 Å². The van der Waals surface area contributed by atoms with E-state index >= 15 is 0 Å². The Morgan fingerprint density at radius 3 is 2.74 bits per heavy atom.